The Balaban J connectivity index is 0.00000288. The van der Waals surface area contributed by atoms with E-state index in [1.807, 2.05) is 0 Å². The molecule has 0 unspecified atom stereocenters. The number of aromatic nitrogens is 1. The Hall–Kier alpha value is -2.74. The second-order valence-corrected chi connectivity index (χ2v) is 5.32. The molecule has 0 atom stereocenters. The number of carboxylic acid groups (broad SMARTS) is 1. The van der Waals surface area contributed by atoms with Crippen molar-refractivity contribution in [2.24, 2.45) is 0 Å². The fourth-order valence-electron chi connectivity index (χ4n) is 2.53. The molecule has 0 aliphatic heterocycles. The molecule has 1 fully saturated rings. The lowest BCUT2D eigenvalue weighted by molar-refractivity contribution is -0.165. The van der Waals surface area contributed by atoms with Crippen molar-refractivity contribution in [3.05, 3.63) is 36.5 Å². The average Bonchev–Trinajstić information content (AvgIpc) is 2.55. The predicted molar refractivity (Wildman–Crippen MR) is 85.2 cm³/mol. The van der Waals surface area contributed by atoms with Gasteiger partial charge in [0.15, 0.2) is 5.60 Å². The third kappa shape index (κ3) is 5.17. The molecule has 0 bridgehead atoms. The average molecular weight is 336 g/mol. The molecule has 0 aromatic carbocycles. The number of ether oxygens (including phenoxy) is 1. The van der Waals surface area contributed by atoms with Gasteiger partial charge in [-0.15, -0.1) is 0 Å². The topological polar surface area (TPSA) is 137 Å². The van der Waals surface area contributed by atoms with Gasteiger partial charge >= 0.3 is 11.9 Å². The summed E-state index contributed by atoms with van der Waals surface area (Å²) < 4.78 is 5.33. The molecular weight excluding hydrogens is 316 g/mol. The Kier molecular flexibility index (Phi) is 7.06. The highest BCUT2D eigenvalue weighted by Crippen LogP contribution is 2.33. The van der Waals surface area contributed by atoms with Crippen LogP contribution in [0.5, 0.6) is 0 Å². The van der Waals surface area contributed by atoms with Crippen LogP contribution in [0.1, 0.15) is 32.1 Å². The Labute approximate surface area is 138 Å². The molecule has 8 heteroatoms. The van der Waals surface area contributed by atoms with E-state index in [1.54, 1.807) is 24.4 Å². The molecule has 0 spiro atoms. The lowest BCUT2D eigenvalue weighted by atomic mass is 9.83. The zero-order chi connectivity index (χ0) is 16.7. The highest BCUT2D eigenvalue weighted by molar-refractivity contribution is 5.99. The van der Waals surface area contributed by atoms with Crippen LogP contribution in [-0.4, -0.2) is 39.0 Å². The van der Waals surface area contributed by atoms with Crippen molar-refractivity contribution >= 4 is 23.7 Å². The first-order valence-corrected chi connectivity index (χ1v) is 7.38. The monoisotopic (exact) mass is 336 g/mol. The van der Waals surface area contributed by atoms with Crippen LogP contribution in [0.15, 0.2) is 36.5 Å². The molecular formula is C16H20N2O6. The van der Waals surface area contributed by atoms with E-state index in [4.69, 9.17) is 9.84 Å². The summed E-state index contributed by atoms with van der Waals surface area (Å²) in [6.07, 6.45) is 6.32. The largest absolute Gasteiger partial charge is 0.478 e. The van der Waals surface area contributed by atoms with Gasteiger partial charge in [0.05, 0.1) is 0 Å². The van der Waals surface area contributed by atoms with Crippen molar-refractivity contribution in [2.75, 3.05) is 5.32 Å². The summed E-state index contributed by atoms with van der Waals surface area (Å²) in [7, 11) is 0. The number of nitrogens with zero attached hydrogens (tertiary/aromatic N) is 1. The minimum atomic E-state index is -1.28. The molecule has 1 aromatic rings. The smallest absolute Gasteiger partial charge is 0.332 e. The van der Waals surface area contributed by atoms with Gasteiger partial charge in [-0.05, 0) is 37.8 Å². The summed E-state index contributed by atoms with van der Waals surface area (Å²) in [4.78, 5) is 38.9. The van der Waals surface area contributed by atoms with Gasteiger partial charge in [0, 0.05) is 18.3 Å². The number of hydrogen-bond acceptors (Lipinski definition) is 5. The third-order valence-electron chi connectivity index (χ3n) is 3.64. The van der Waals surface area contributed by atoms with Crippen LogP contribution < -0.4 is 5.32 Å². The molecule has 0 radical (unpaired) electrons. The van der Waals surface area contributed by atoms with E-state index in [0.29, 0.717) is 24.7 Å². The first kappa shape index (κ1) is 19.3. The van der Waals surface area contributed by atoms with E-state index >= 15 is 0 Å². The number of esters is 1. The fraction of sp³-hybridized carbons (Fsp3) is 0.375. The summed E-state index contributed by atoms with van der Waals surface area (Å²) >= 11 is 0. The van der Waals surface area contributed by atoms with Gasteiger partial charge in [-0.1, -0.05) is 12.5 Å². The molecule has 1 saturated carbocycles. The summed E-state index contributed by atoms with van der Waals surface area (Å²) in [5.41, 5.74) is -1.28. The van der Waals surface area contributed by atoms with Gasteiger partial charge in [0.1, 0.15) is 5.82 Å². The van der Waals surface area contributed by atoms with Gasteiger partial charge in [0.2, 0.25) is 0 Å². The minimum absolute atomic E-state index is 0. The number of hydrogen-bond donors (Lipinski definition) is 2. The second kappa shape index (κ2) is 8.78. The van der Waals surface area contributed by atoms with Crippen LogP contribution in [0.4, 0.5) is 5.82 Å². The number of nitrogens with one attached hydrogen (secondary N) is 1. The maximum absolute atomic E-state index is 12.6. The van der Waals surface area contributed by atoms with Crippen molar-refractivity contribution < 1.29 is 29.7 Å². The number of aliphatic carboxylic acids is 1. The molecule has 1 aliphatic rings. The van der Waals surface area contributed by atoms with Crippen LogP contribution in [-0.2, 0) is 19.1 Å². The van der Waals surface area contributed by atoms with E-state index < -0.39 is 23.4 Å². The summed E-state index contributed by atoms with van der Waals surface area (Å²) in [5, 5.41) is 11.2. The van der Waals surface area contributed by atoms with Gasteiger partial charge in [-0.25, -0.2) is 14.6 Å². The van der Waals surface area contributed by atoms with Crippen LogP contribution in [0.2, 0.25) is 0 Å². The van der Waals surface area contributed by atoms with Gasteiger partial charge in [0.25, 0.3) is 5.91 Å². The number of carbonyl (C=O) groups is 3. The zero-order valence-corrected chi connectivity index (χ0v) is 13.0. The highest BCUT2D eigenvalue weighted by atomic mass is 16.6. The Morgan fingerprint density at radius 1 is 1.17 bits per heavy atom. The highest BCUT2D eigenvalue weighted by Gasteiger charge is 2.43. The number of carboxylic acids is 1. The third-order valence-corrected chi connectivity index (χ3v) is 3.64. The van der Waals surface area contributed by atoms with Crippen molar-refractivity contribution in [1.29, 1.82) is 0 Å². The van der Waals surface area contributed by atoms with Crippen LogP contribution >= 0.6 is 0 Å². The molecule has 24 heavy (non-hydrogen) atoms. The predicted octanol–water partition coefficient (Wildman–Crippen LogP) is 1.08. The Morgan fingerprint density at radius 3 is 2.46 bits per heavy atom. The lowest BCUT2D eigenvalue weighted by Crippen LogP contribution is -2.48. The minimum Gasteiger partial charge on any atom is -0.478 e. The SMILES string of the molecule is O.O=C(O)/C=C\C(=O)OC1(C(=O)Nc2ccccn2)CCCCC1. The molecule has 4 N–H and O–H groups in total. The van der Waals surface area contributed by atoms with Crippen LogP contribution in [0.3, 0.4) is 0 Å². The zero-order valence-electron chi connectivity index (χ0n) is 13.0. The second-order valence-electron chi connectivity index (χ2n) is 5.32. The van der Waals surface area contributed by atoms with E-state index in [9.17, 15) is 14.4 Å². The number of anilines is 1. The molecule has 1 aliphatic carbocycles. The summed E-state index contributed by atoms with van der Waals surface area (Å²) in [6, 6.07) is 5.10. The van der Waals surface area contributed by atoms with Crippen molar-refractivity contribution in [1.82, 2.24) is 4.98 Å². The molecule has 2 rings (SSSR count). The molecule has 1 aromatic heterocycles. The van der Waals surface area contributed by atoms with E-state index in [-0.39, 0.29) is 5.48 Å². The first-order valence-electron chi connectivity index (χ1n) is 7.38. The maximum atomic E-state index is 12.6. The number of rotatable bonds is 5. The van der Waals surface area contributed by atoms with E-state index in [2.05, 4.69) is 10.3 Å². The van der Waals surface area contributed by atoms with E-state index in [1.165, 1.54) is 0 Å². The number of carbonyl (C=O) groups excluding carboxylic acids is 2. The number of pyridine rings is 1. The lowest BCUT2D eigenvalue weighted by Gasteiger charge is -2.34. The summed E-state index contributed by atoms with van der Waals surface area (Å²) in [5.74, 6) is -2.16. The van der Waals surface area contributed by atoms with Crippen molar-refractivity contribution in [2.45, 2.75) is 37.7 Å². The molecule has 130 valence electrons. The molecule has 8 nitrogen and oxygen atoms in total. The van der Waals surface area contributed by atoms with E-state index in [0.717, 1.165) is 25.3 Å². The van der Waals surface area contributed by atoms with Gasteiger partial charge in [-0.3, -0.25) is 4.79 Å². The normalized spacial score (nSPS) is 16.0. The number of amides is 1. The fourth-order valence-corrected chi connectivity index (χ4v) is 2.53. The first-order chi connectivity index (χ1) is 11.0. The maximum Gasteiger partial charge on any atom is 0.332 e. The van der Waals surface area contributed by atoms with Crippen LogP contribution in [0.25, 0.3) is 0 Å². The van der Waals surface area contributed by atoms with Crippen LogP contribution in [0, 0.1) is 0 Å². The van der Waals surface area contributed by atoms with Gasteiger partial charge in [-0.2, -0.15) is 0 Å². The Morgan fingerprint density at radius 2 is 1.88 bits per heavy atom. The quantitative estimate of drug-likeness (QED) is 0.609. The molecule has 1 amide bonds. The van der Waals surface area contributed by atoms with Gasteiger partial charge < -0.3 is 20.6 Å². The van der Waals surface area contributed by atoms with Crippen molar-refractivity contribution in [3.8, 4) is 0 Å². The standard InChI is InChI=1S/C16H18N2O5.H2O/c19-13(20)7-8-14(21)23-16(9-3-1-4-10-16)15(22)18-12-6-2-5-11-17-12;/h2,5-8,11H,1,3-4,9-10H2,(H,19,20)(H,17,18,22);1H2/b8-7-;. The molecule has 0 saturated heterocycles. The Bertz CT molecular complexity index is 608. The summed E-state index contributed by atoms with van der Waals surface area (Å²) in [6.45, 7) is 0. The molecule has 1 heterocycles. The van der Waals surface area contributed by atoms with Crippen molar-refractivity contribution in [3.63, 3.8) is 0 Å².